The lowest BCUT2D eigenvalue weighted by Crippen LogP contribution is -2.38. The van der Waals surface area contributed by atoms with Crippen molar-refractivity contribution in [3.8, 4) is 0 Å². The Morgan fingerprint density at radius 1 is 1.25 bits per heavy atom. The number of ketones is 1. The number of halogens is 1. The summed E-state index contributed by atoms with van der Waals surface area (Å²) < 4.78 is 15.3. The monoisotopic (exact) mass is 300 g/mol. The summed E-state index contributed by atoms with van der Waals surface area (Å²) in [5, 5.41) is 0. The Morgan fingerprint density at radius 3 is 2.20 bits per heavy atom. The van der Waals surface area contributed by atoms with Gasteiger partial charge in [-0.3, -0.25) is 4.79 Å². The Balaban J connectivity index is 4.58. The van der Waals surface area contributed by atoms with Crippen LogP contribution in [0.3, 0.4) is 0 Å². The van der Waals surface area contributed by atoms with Gasteiger partial charge in [-0.25, -0.2) is 0 Å². The zero-order valence-electron chi connectivity index (χ0n) is 14.0. The molecule has 20 heavy (non-hydrogen) atoms. The van der Waals surface area contributed by atoms with Crippen LogP contribution in [0, 0.1) is 5.92 Å². The summed E-state index contributed by atoms with van der Waals surface area (Å²) in [5.41, 5.74) is 0.319. The van der Waals surface area contributed by atoms with Gasteiger partial charge in [0.15, 0.2) is 0 Å². The molecular formula is C17H33FOSi. The van der Waals surface area contributed by atoms with Gasteiger partial charge in [0.05, 0.1) is 0 Å². The number of carbonyl (C=O) groups excluding carboxylic acids is 1. The van der Waals surface area contributed by atoms with E-state index in [-0.39, 0.29) is 11.1 Å². The first-order chi connectivity index (χ1) is 9.27. The minimum atomic E-state index is -2.72. The summed E-state index contributed by atoms with van der Waals surface area (Å²) >= 11 is 0. The van der Waals surface area contributed by atoms with Crippen LogP contribution in [0.1, 0.15) is 66.7 Å². The van der Waals surface area contributed by atoms with E-state index in [4.69, 9.17) is 0 Å². The second-order valence-corrected chi connectivity index (χ2v) is 11.2. The van der Waals surface area contributed by atoms with Crippen LogP contribution in [-0.4, -0.2) is 14.2 Å². The second-order valence-electron chi connectivity index (χ2n) is 6.62. The van der Waals surface area contributed by atoms with E-state index in [1.807, 2.05) is 40.7 Å². The van der Waals surface area contributed by atoms with Gasteiger partial charge in [-0.2, -0.15) is 0 Å². The van der Waals surface area contributed by atoms with Gasteiger partial charge in [0.2, 0.25) is 0 Å². The van der Waals surface area contributed by atoms with E-state index >= 15 is 4.11 Å². The highest BCUT2D eigenvalue weighted by atomic mass is 28.4. The van der Waals surface area contributed by atoms with Crippen LogP contribution < -0.4 is 0 Å². The zero-order valence-corrected chi connectivity index (χ0v) is 15.0. The summed E-state index contributed by atoms with van der Waals surface area (Å²) in [6, 6.07) is 0.717. The number of Topliss-reactive ketones (excluding diaryl/α,β-unsaturated/α-hetero) is 1. The maximum atomic E-state index is 15.3. The first-order valence-corrected chi connectivity index (χ1v) is 10.3. The van der Waals surface area contributed by atoms with Crippen LogP contribution in [0.4, 0.5) is 4.11 Å². The summed E-state index contributed by atoms with van der Waals surface area (Å²) in [7, 11) is -2.72. The fourth-order valence-corrected chi connectivity index (χ4v) is 6.42. The van der Waals surface area contributed by atoms with Crippen LogP contribution in [-0.2, 0) is 4.79 Å². The average molecular weight is 301 g/mol. The van der Waals surface area contributed by atoms with Crippen LogP contribution >= 0.6 is 0 Å². The molecule has 0 heterocycles. The van der Waals surface area contributed by atoms with E-state index in [2.05, 4.69) is 6.58 Å². The van der Waals surface area contributed by atoms with Gasteiger partial charge in [-0.1, -0.05) is 40.7 Å². The quantitative estimate of drug-likeness (QED) is 0.257. The van der Waals surface area contributed by atoms with Crippen molar-refractivity contribution in [2.24, 2.45) is 5.92 Å². The number of rotatable bonds is 11. The number of allylic oxidation sites excluding steroid dienone is 1. The third-order valence-corrected chi connectivity index (χ3v) is 9.53. The minimum absolute atomic E-state index is 0.159. The Morgan fingerprint density at radius 2 is 1.80 bits per heavy atom. The molecule has 0 bridgehead atoms. The Labute approximate surface area is 126 Å². The van der Waals surface area contributed by atoms with E-state index in [9.17, 15) is 4.79 Å². The molecule has 0 fully saturated rings. The minimum Gasteiger partial charge on any atom is -0.313 e. The zero-order chi connectivity index (χ0) is 15.8. The number of hydrogen-bond donors (Lipinski definition) is 0. The molecule has 0 spiro atoms. The summed E-state index contributed by atoms with van der Waals surface area (Å²) in [4.78, 5) is 11.4. The van der Waals surface area contributed by atoms with Crippen molar-refractivity contribution < 1.29 is 8.90 Å². The first-order valence-electron chi connectivity index (χ1n) is 8.09. The van der Waals surface area contributed by atoms with Crippen LogP contribution in [0.15, 0.2) is 12.7 Å². The highest BCUT2D eigenvalue weighted by molar-refractivity contribution is 6.75. The third kappa shape index (κ3) is 6.34. The van der Waals surface area contributed by atoms with Crippen molar-refractivity contribution in [2.75, 3.05) is 0 Å². The topological polar surface area (TPSA) is 17.1 Å². The van der Waals surface area contributed by atoms with Crippen molar-refractivity contribution in [1.29, 1.82) is 0 Å². The van der Waals surface area contributed by atoms with E-state index in [1.165, 1.54) is 0 Å². The van der Waals surface area contributed by atoms with Crippen LogP contribution in [0.25, 0.3) is 0 Å². The molecule has 0 aromatic heterocycles. The lowest BCUT2D eigenvalue weighted by Gasteiger charge is -2.33. The molecule has 0 aliphatic carbocycles. The standard InChI is InChI=1S/C17H33FOSi/c1-7-10-16(11-9-12-17(19)8-2)13-20(18,14(3)4)15(5)6/h7,14-16H,1,8-13H2,2-6H3. The van der Waals surface area contributed by atoms with Crippen molar-refractivity contribution in [3.05, 3.63) is 12.7 Å². The van der Waals surface area contributed by atoms with Gasteiger partial charge in [-0.15, -0.1) is 6.58 Å². The van der Waals surface area contributed by atoms with Gasteiger partial charge in [-0.05, 0) is 42.3 Å². The summed E-state index contributed by atoms with van der Waals surface area (Å²) in [5.74, 6) is 0.678. The molecule has 0 rings (SSSR count). The lowest BCUT2D eigenvalue weighted by molar-refractivity contribution is -0.118. The molecule has 0 aromatic carbocycles. The average Bonchev–Trinajstić information content (AvgIpc) is 2.37. The van der Waals surface area contributed by atoms with E-state index < -0.39 is 8.41 Å². The van der Waals surface area contributed by atoms with Crippen molar-refractivity contribution >= 4 is 14.2 Å². The molecule has 0 saturated heterocycles. The molecule has 0 aliphatic heterocycles. The summed E-state index contributed by atoms with van der Waals surface area (Å²) in [6.07, 6.45) is 5.89. The van der Waals surface area contributed by atoms with Gasteiger partial charge in [0.1, 0.15) is 5.78 Å². The first kappa shape index (κ1) is 19.6. The van der Waals surface area contributed by atoms with E-state index in [1.54, 1.807) is 0 Å². The molecule has 1 unspecified atom stereocenters. The van der Waals surface area contributed by atoms with Crippen LogP contribution in [0.2, 0.25) is 17.1 Å². The second kappa shape index (κ2) is 9.49. The van der Waals surface area contributed by atoms with E-state index in [0.717, 1.165) is 19.3 Å². The van der Waals surface area contributed by atoms with Crippen molar-refractivity contribution in [1.82, 2.24) is 0 Å². The fourth-order valence-electron chi connectivity index (χ4n) is 2.88. The maximum Gasteiger partial charge on any atom is 0.252 e. The number of carbonyl (C=O) groups is 1. The highest BCUT2D eigenvalue weighted by Gasteiger charge is 2.42. The molecule has 0 radical (unpaired) electrons. The smallest absolute Gasteiger partial charge is 0.252 e. The molecule has 0 aliphatic rings. The van der Waals surface area contributed by atoms with Gasteiger partial charge >= 0.3 is 0 Å². The van der Waals surface area contributed by atoms with Crippen molar-refractivity contribution in [2.45, 2.75) is 83.8 Å². The molecule has 0 aromatic rings. The van der Waals surface area contributed by atoms with E-state index in [0.29, 0.717) is 30.6 Å². The predicted octanol–water partition coefficient (Wildman–Crippen LogP) is 6.06. The van der Waals surface area contributed by atoms with Gasteiger partial charge < -0.3 is 4.11 Å². The van der Waals surface area contributed by atoms with Gasteiger partial charge in [0.25, 0.3) is 8.41 Å². The molecular weight excluding hydrogens is 267 g/mol. The molecule has 0 saturated carbocycles. The Kier molecular flexibility index (Phi) is 9.28. The molecule has 3 heteroatoms. The molecule has 0 amide bonds. The SMILES string of the molecule is C=CCC(CCCC(=O)CC)C[Si](F)(C(C)C)C(C)C. The fraction of sp³-hybridized carbons (Fsp3) is 0.824. The maximum absolute atomic E-state index is 15.3. The van der Waals surface area contributed by atoms with Gasteiger partial charge in [0, 0.05) is 12.8 Å². The molecule has 118 valence electrons. The lowest BCUT2D eigenvalue weighted by atomic mass is 9.99. The number of hydrogen-bond acceptors (Lipinski definition) is 1. The Bertz CT molecular complexity index is 291. The van der Waals surface area contributed by atoms with Crippen LogP contribution in [0.5, 0.6) is 0 Å². The predicted molar refractivity (Wildman–Crippen MR) is 89.3 cm³/mol. The highest BCUT2D eigenvalue weighted by Crippen LogP contribution is 2.41. The normalized spacial score (nSPS) is 13.8. The Hall–Kier alpha value is -0.443. The largest absolute Gasteiger partial charge is 0.313 e. The van der Waals surface area contributed by atoms with Crippen molar-refractivity contribution in [3.63, 3.8) is 0 Å². The molecule has 0 N–H and O–H groups in total. The molecule has 1 atom stereocenters. The third-order valence-electron chi connectivity index (χ3n) is 4.48. The summed E-state index contributed by atoms with van der Waals surface area (Å²) in [6.45, 7) is 13.8. The molecule has 1 nitrogen and oxygen atoms in total.